The normalized spacial score (nSPS) is 14.7. The van der Waals surface area contributed by atoms with Gasteiger partial charge in [-0.1, -0.05) is 24.9 Å². The molecule has 0 bridgehead atoms. The van der Waals surface area contributed by atoms with Crippen LogP contribution in [-0.2, 0) is 9.47 Å². The van der Waals surface area contributed by atoms with E-state index in [1.165, 1.54) is 4.57 Å². The standard InChI is InChI=1S/C20H21ClN2O5/c1-2-3-8-27-20(25)23-15-11-13(21)4-5-14(15)18-16(23)12-17(28-18)19(24)22-6-9-26-10-7-22/h4-5,11-12H,2-3,6-10H2,1H3. The smallest absolute Gasteiger partial charge is 0.419 e. The largest absolute Gasteiger partial charge is 0.449 e. The third-order valence-electron chi connectivity index (χ3n) is 4.81. The average molecular weight is 405 g/mol. The first-order chi connectivity index (χ1) is 13.6. The van der Waals surface area contributed by atoms with Gasteiger partial charge in [0.25, 0.3) is 5.91 Å². The molecule has 1 aromatic carbocycles. The fourth-order valence-electron chi connectivity index (χ4n) is 3.34. The molecule has 4 rings (SSSR count). The van der Waals surface area contributed by atoms with Crippen molar-refractivity contribution in [3.63, 3.8) is 0 Å². The Morgan fingerprint density at radius 2 is 1.96 bits per heavy atom. The summed E-state index contributed by atoms with van der Waals surface area (Å²) in [6.45, 7) is 4.38. The van der Waals surface area contributed by atoms with Gasteiger partial charge in [0.15, 0.2) is 11.3 Å². The van der Waals surface area contributed by atoms with Crippen LogP contribution in [0.5, 0.6) is 0 Å². The van der Waals surface area contributed by atoms with Gasteiger partial charge in [-0.2, -0.15) is 0 Å². The van der Waals surface area contributed by atoms with E-state index in [0.717, 1.165) is 12.8 Å². The minimum absolute atomic E-state index is 0.193. The van der Waals surface area contributed by atoms with Crippen LogP contribution in [0, 0.1) is 0 Å². The van der Waals surface area contributed by atoms with Crippen LogP contribution in [0.15, 0.2) is 28.7 Å². The molecular weight excluding hydrogens is 384 g/mol. The van der Waals surface area contributed by atoms with Gasteiger partial charge in [0.2, 0.25) is 0 Å². The van der Waals surface area contributed by atoms with Gasteiger partial charge in [-0.05, 0) is 24.6 Å². The third kappa shape index (κ3) is 3.36. The van der Waals surface area contributed by atoms with Gasteiger partial charge >= 0.3 is 6.09 Å². The second-order valence-electron chi connectivity index (χ2n) is 6.69. The lowest BCUT2D eigenvalue weighted by atomic mass is 10.2. The fourth-order valence-corrected chi connectivity index (χ4v) is 3.51. The number of unbranched alkanes of at least 4 members (excludes halogenated alkanes) is 1. The van der Waals surface area contributed by atoms with E-state index in [1.54, 1.807) is 29.2 Å². The molecule has 1 saturated heterocycles. The number of hydrogen-bond donors (Lipinski definition) is 0. The minimum Gasteiger partial charge on any atom is -0.449 e. The van der Waals surface area contributed by atoms with Gasteiger partial charge < -0.3 is 18.8 Å². The summed E-state index contributed by atoms with van der Waals surface area (Å²) in [6.07, 6.45) is 1.19. The molecule has 0 N–H and O–H groups in total. The average Bonchev–Trinajstić information content (AvgIpc) is 3.24. The molecule has 0 aliphatic carbocycles. The van der Waals surface area contributed by atoms with Crippen LogP contribution >= 0.6 is 11.6 Å². The summed E-state index contributed by atoms with van der Waals surface area (Å²) in [5, 5.41) is 1.20. The molecule has 0 unspecified atom stereocenters. The number of fused-ring (bicyclic) bond motifs is 3. The van der Waals surface area contributed by atoms with Crippen LogP contribution in [0.3, 0.4) is 0 Å². The molecular formula is C20H21ClN2O5. The predicted molar refractivity (Wildman–Crippen MR) is 105 cm³/mol. The molecule has 1 fully saturated rings. The van der Waals surface area contributed by atoms with Crippen molar-refractivity contribution < 1.29 is 23.5 Å². The van der Waals surface area contributed by atoms with Gasteiger partial charge in [-0.3, -0.25) is 4.79 Å². The van der Waals surface area contributed by atoms with Gasteiger partial charge in [0.1, 0.15) is 0 Å². The molecule has 0 spiro atoms. The zero-order valence-electron chi connectivity index (χ0n) is 15.6. The van der Waals surface area contributed by atoms with E-state index < -0.39 is 6.09 Å². The molecule has 3 aromatic rings. The molecule has 2 aromatic heterocycles. The number of carbonyl (C=O) groups is 2. The fraction of sp³-hybridized carbons (Fsp3) is 0.400. The molecule has 3 heterocycles. The molecule has 1 amide bonds. The first kappa shape index (κ1) is 18.8. The Labute approximate surface area is 166 Å². The maximum Gasteiger partial charge on any atom is 0.419 e. The van der Waals surface area contributed by atoms with Crippen molar-refractivity contribution in [1.29, 1.82) is 0 Å². The summed E-state index contributed by atoms with van der Waals surface area (Å²) in [5.41, 5.74) is 1.55. The summed E-state index contributed by atoms with van der Waals surface area (Å²) in [7, 11) is 0. The Hall–Kier alpha value is -2.51. The maximum absolute atomic E-state index is 12.8. The van der Waals surface area contributed by atoms with Crippen molar-refractivity contribution in [2.75, 3.05) is 32.9 Å². The predicted octanol–water partition coefficient (Wildman–Crippen LogP) is 4.30. The second kappa shape index (κ2) is 7.85. The van der Waals surface area contributed by atoms with Crippen LogP contribution in [0.2, 0.25) is 5.02 Å². The van der Waals surface area contributed by atoms with Crippen molar-refractivity contribution in [2.24, 2.45) is 0 Å². The maximum atomic E-state index is 12.8. The lowest BCUT2D eigenvalue weighted by Gasteiger charge is -2.25. The summed E-state index contributed by atoms with van der Waals surface area (Å²) >= 11 is 6.13. The van der Waals surface area contributed by atoms with E-state index in [-0.39, 0.29) is 11.7 Å². The van der Waals surface area contributed by atoms with Gasteiger partial charge in [0, 0.05) is 29.6 Å². The zero-order valence-corrected chi connectivity index (χ0v) is 16.3. The number of aromatic nitrogens is 1. The number of ether oxygens (including phenoxy) is 2. The Balaban J connectivity index is 1.77. The summed E-state index contributed by atoms with van der Waals surface area (Å²) in [6, 6.07) is 6.80. The second-order valence-corrected chi connectivity index (χ2v) is 7.13. The Bertz CT molecular complexity index is 1030. The lowest BCUT2D eigenvalue weighted by molar-refractivity contribution is 0.0284. The van der Waals surface area contributed by atoms with Crippen molar-refractivity contribution in [2.45, 2.75) is 19.8 Å². The number of halogens is 1. The summed E-state index contributed by atoms with van der Waals surface area (Å²) in [4.78, 5) is 27.2. The highest BCUT2D eigenvalue weighted by Gasteiger charge is 2.26. The highest BCUT2D eigenvalue weighted by atomic mass is 35.5. The molecule has 28 heavy (non-hydrogen) atoms. The zero-order chi connectivity index (χ0) is 19.7. The molecule has 0 radical (unpaired) electrons. The van der Waals surface area contributed by atoms with Gasteiger partial charge in [0.05, 0.1) is 30.9 Å². The summed E-state index contributed by atoms with van der Waals surface area (Å²) in [5.74, 6) is -0.0219. The minimum atomic E-state index is -0.512. The van der Waals surface area contributed by atoms with Crippen LogP contribution in [0.25, 0.3) is 22.0 Å². The third-order valence-corrected chi connectivity index (χ3v) is 5.05. The van der Waals surface area contributed by atoms with Crippen molar-refractivity contribution in [3.05, 3.63) is 35.0 Å². The topological polar surface area (TPSA) is 73.9 Å². The molecule has 148 valence electrons. The van der Waals surface area contributed by atoms with E-state index >= 15 is 0 Å². The molecule has 1 aliphatic heterocycles. The van der Waals surface area contributed by atoms with Crippen molar-refractivity contribution >= 4 is 45.6 Å². The number of amides is 1. The van der Waals surface area contributed by atoms with Crippen LogP contribution in [0.4, 0.5) is 4.79 Å². The molecule has 7 nitrogen and oxygen atoms in total. The highest BCUT2D eigenvalue weighted by molar-refractivity contribution is 6.31. The van der Waals surface area contributed by atoms with E-state index in [4.69, 9.17) is 25.5 Å². The Morgan fingerprint density at radius 1 is 1.18 bits per heavy atom. The molecule has 1 aliphatic rings. The number of hydrogen-bond acceptors (Lipinski definition) is 5. The number of benzene rings is 1. The van der Waals surface area contributed by atoms with Crippen molar-refractivity contribution in [3.8, 4) is 0 Å². The van der Waals surface area contributed by atoms with E-state index in [1.807, 2.05) is 6.92 Å². The Morgan fingerprint density at radius 3 is 2.71 bits per heavy atom. The number of morpholine rings is 1. The molecule has 0 saturated carbocycles. The van der Waals surface area contributed by atoms with Gasteiger partial charge in [-0.25, -0.2) is 9.36 Å². The van der Waals surface area contributed by atoms with Gasteiger partial charge in [-0.15, -0.1) is 0 Å². The van der Waals surface area contributed by atoms with E-state index in [9.17, 15) is 9.59 Å². The van der Waals surface area contributed by atoms with Crippen LogP contribution in [0.1, 0.15) is 30.3 Å². The van der Waals surface area contributed by atoms with Crippen LogP contribution < -0.4 is 0 Å². The first-order valence-electron chi connectivity index (χ1n) is 9.38. The molecule has 0 atom stereocenters. The Kier molecular flexibility index (Phi) is 5.28. The monoisotopic (exact) mass is 404 g/mol. The van der Waals surface area contributed by atoms with E-state index in [2.05, 4.69) is 0 Å². The highest BCUT2D eigenvalue weighted by Crippen LogP contribution is 2.33. The lowest BCUT2D eigenvalue weighted by Crippen LogP contribution is -2.40. The molecule has 8 heteroatoms. The van der Waals surface area contributed by atoms with Crippen LogP contribution in [-0.4, -0.2) is 54.4 Å². The number of nitrogens with zero attached hydrogens (tertiary/aromatic N) is 2. The quantitative estimate of drug-likeness (QED) is 0.606. The number of carbonyl (C=O) groups excluding carboxylic acids is 2. The number of furan rings is 1. The first-order valence-corrected chi connectivity index (χ1v) is 9.75. The summed E-state index contributed by atoms with van der Waals surface area (Å²) < 4.78 is 18.0. The van der Waals surface area contributed by atoms with Crippen molar-refractivity contribution in [1.82, 2.24) is 9.47 Å². The SMILES string of the molecule is CCCCOC(=O)n1c2cc(Cl)ccc2c2oc(C(=O)N3CCOCC3)cc21. The van der Waals surface area contributed by atoms with E-state index in [0.29, 0.717) is 59.9 Å². The number of rotatable bonds is 4.